The SMILES string of the molecule is CCN1CCC(NC(=O)c2cccc3cnccc23)(C(F)(F)F)CC1. The van der Waals surface area contributed by atoms with E-state index >= 15 is 0 Å². The normalized spacial score (nSPS) is 18.2. The van der Waals surface area contributed by atoms with E-state index < -0.39 is 17.6 Å². The molecule has 1 aromatic carbocycles. The van der Waals surface area contributed by atoms with Gasteiger partial charge >= 0.3 is 6.18 Å². The fraction of sp³-hybridized carbons (Fsp3) is 0.444. The van der Waals surface area contributed by atoms with Gasteiger partial charge in [-0.3, -0.25) is 9.78 Å². The van der Waals surface area contributed by atoms with Crippen molar-refractivity contribution >= 4 is 16.7 Å². The number of pyridine rings is 1. The van der Waals surface area contributed by atoms with Crippen LogP contribution < -0.4 is 5.32 Å². The Kier molecular flexibility index (Phi) is 4.69. The Morgan fingerprint density at radius 2 is 2.00 bits per heavy atom. The van der Waals surface area contributed by atoms with Gasteiger partial charge in [-0.1, -0.05) is 19.1 Å². The first kappa shape index (κ1) is 17.7. The van der Waals surface area contributed by atoms with Gasteiger partial charge < -0.3 is 10.2 Å². The number of nitrogens with one attached hydrogen (secondary N) is 1. The Morgan fingerprint density at radius 1 is 1.28 bits per heavy atom. The van der Waals surface area contributed by atoms with Crippen molar-refractivity contribution in [3.8, 4) is 0 Å². The summed E-state index contributed by atoms with van der Waals surface area (Å²) in [6.07, 6.45) is -1.65. The quantitative estimate of drug-likeness (QED) is 0.922. The molecule has 0 saturated carbocycles. The van der Waals surface area contributed by atoms with Gasteiger partial charge in [0.05, 0.1) is 0 Å². The van der Waals surface area contributed by atoms with Gasteiger partial charge in [0.1, 0.15) is 5.54 Å². The third-order valence-electron chi connectivity index (χ3n) is 4.98. The zero-order chi connectivity index (χ0) is 18.1. The van der Waals surface area contributed by atoms with Gasteiger partial charge in [0.15, 0.2) is 0 Å². The number of amides is 1. The largest absolute Gasteiger partial charge is 0.411 e. The molecule has 2 heterocycles. The second-order valence-electron chi connectivity index (χ2n) is 6.37. The standard InChI is InChI=1S/C18H20F3N3O/c1-2-24-10-7-17(8-11-24,18(19,20)21)23-16(25)15-5-3-4-13-12-22-9-6-14(13)15/h3-6,9,12H,2,7-8,10-11H2,1H3,(H,23,25). The summed E-state index contributed by atoms with van der Waals surface area (Å²) in [6.45, 7) is 3.26. The summed E-state index contributed by atoms with van der Waals surface area (Å²) < 4.78 is 41.3. The van der Waals surface area contributed by atoms with Crippen LogP contribution in [-0.4, -0.2) is 47.1 Å². The van der Waals surface area contributed by atoms with Crippen molar-refractivity contribution in [1.82, 2.24) is 15.2 Å². The van der Waals surface area contributed by atoms with Crippen LogP contribution in [-0.2, 0) is 0 Å². The number of hydrogen-bond acceptors (Lipinski definition) is 3. The summed E-state index contributed by atoms with van der Waals surface area (Å²) in [4.78, 5) is 18.6. The van der Waals surface area contributed by atoms with E-state index in [-0.39, 0.29) is 18.4 Å². The third kappa shape index (κ3) is 3.33. The van der Waals surface area contributed by atoms with Crippen LogP contribution in [0.4, 0.5) is 13.2 Å². The minimum atomic E-state index is -4.49. The lowest BCUT2D eigenvalue weighted by Crippen LogP contribution is -2.63. The molecule has 1 N–H and O–H groups in total. The van der Waals surface area contributed by atoms with Crippen LogP contribution in [0.15, 0.2) is 36.7 Å². The van der Waals surface area contributed by atoms with Crippen molar-refractivity contribution in [2.75, 3.05) is 19.6 Å². The van der Waals surface area contributed by atoms with E-state index in [9.17, 15) is 18.0 Å². The number of piperidine rings is 1. The van der Waals surface area contributed by atoms with Crippen LogP contribution in [0.25, 0.3) is 10.8 Å². The first-order chi connectivity index (χ1) is 11.9. The number of rotatable bonds is 3. The van der Waals surface area contributed by atoms with E-state index in [1.807, 2.05) is 11.8 Å². The molecular weight excluding hydrogens is 331 g/mol. The molecule has 0 unspecified atom stereocenters. The fourth-order valence-corrected chi connectivity index (χ4v) is 3.34. The van der Waals surface area contributed by atoms with Crippen molar-refractivity contribution in [3.63, 3.8) is 0 Å². The van der Waals surface area contributed by atoms with Gasteiger partial charge in [-0.2, -0.15) is 13.2 Å². The number of halogens is 3. The van der Waals surface area contributed by atoms with Gasteiger partial charge in [0, 0.05) is 36.4 Å². The molecule has 1 saturated heterocycles. The second kappa shape index (κ2) is 6.63. The lowest BCUT2D eigenvalue weighted by Gasteiger charge is -2.43. The van der Waals surface area contributed by atoms with Gasteiger partial charge in [-0.05, 0) is 36.9 Å². The zero-order valence-electron chi connectivity index (χ0n) is 13.9. The van der Waals surface area contributed by atoms with E-state index in [1.165, 1.54) is 6.20 Å². The fourth-order valence-electron chi connectivity index (χ4n) is 3.34. The van der Waals surface area contributed by atoms with Crippen LogP contribution in [0.5, 0.6) is 0 Å². The van der Waals surface area contributed by atoms with Crippen LogP contribution in [0.3, 0.4) is 0 Å². The van der Waals surface area contributed by atoms with Gasteiger partial charge in [0.25, 0.3) is 5.91 Å². The topological polar surface area (TPSA) is 45.2 Å². The highest BCUT2D eigenvalue weighted by Gasteiger charge is 2.56. The molecule has 0 bridgehead atoms. The van der Waals surface area contributed by atoms with E-state index in [1.54, 1.807) is 30.5 Å². The molecule has 1 amide bonds. The summed E-state index contributed by atoms with van der Waals surface area (Å²) in [5, 5.41) is 3.63. The number of alkyl halides is 3. The minimum absolute atomic E-state index is 0.137. The van der Waals surface area contributed by atoms with Crippen molar-refractivity contribution in [3.05, 3.63) is 42.2 Å². The summed E-state index contributed by atoms with van der Waals surface area (Å²) in [7, 11) is 0. The number of benzene rings is 1. The van der Waals surface area contributed by atoms with Crippen LogP contribution in [0.2, 0.25) is 0 Å². The maximum absolute atomic E-state index is 13.8. The Balaban J connectivity index is 1.91. The lowest BCUT2D eigenvalue weighted by molar-refractivity contribution is -0.205. The third-order valence-corrected chi connectivity index (χ3v) is 4.98. The summed E-state index contributed by atoms with van der Waals surface area (Å²) in [5.41, 5.74) is -1.94. The molecule has 1 aliphatic rings. The predicted octanol–water partition coefficient (Wildman–Crippen LogP) is 3.38. The number of carbonyl (C=O) groups is 1. The number of fused-ring (bicyclic) bond motifs is 1. The molecule has 2 aromatic rings. The average molecular weight is 351 g/mol. The number of likely N-dealkylation sites (tertiary alicyclic amines) is 1. The van der Waals surface area contributed by atoms with Crippen molar-refractivity contribution in [2.24, 2.45) is 0 Å². The average Bonchev–Trinajstić information content (AvgIpc) is 2.61. The first-order valence-corrected chi connectivity index (χ1v) is 8.31. The molecule has 1 aliphatic heterocycles. The van der Waals surface area contributed by atoms with E-state index in [4.69, 9.17) is 0 Å². The Morgan fingerprint density at radius 3 is 2.64 bits per heavy atom. The Hall–Kier alpha value is -2.15. The molecule has 0 aliphatic carbocycles. The molecule has 0 spiro atoms. The van der Waals surface area contributed by atoms with Crippen molar-refractivity contribution in [1.29, 1.82) is 0 Å². The van der Waals surface area contributed by atoms with Crippen molar-refractivity contribution in [2.45, 2.75) is 31.5 Å². The molecule has 4 nitrogen and oxygen atoms in total. The predicted molar refractivity (Wildman–Crippen MR) is 89.3 cm³/mol. The first-order valence-electron chi connectivity index (χ1n) is 8.31. The molecule has 1 fully saturated rings. The molecule has 7 heteroatoms. The van der Waals surface area contributed by atoms with Crippen molar-refractivity contribution < 1.29 is 18.0 Å². The van der Waals surface area contributed by atoms with Gasteiger partial charge in [-0.25, -0.2) is 0 Å². The summed E-state index contributed by atoms with van der Waals surface area (Å²) in [5.74, 6) is -0.695. The highest BCUT2D eigenvalue weighted by molar-refractivity contribution is 6.07. The summed E-state index contributed by atoms with van der Waals surface area (Å²) in [6, 6.07) is 6.62. The number of nitrogens with zero attached hydrogens (tertiary/aromatic N) is 2. The molecule has 3 rings (SSSR count). The van der Waals surface area contributed by atoms with Gasteiger partial charge in [0.2, 0.25) is 0 Å². The minimum Gasteiger partial charge on any atom is -0.338 e. The summed E-state index contributed by atoms with van der Waals surface area (Å²) >= 11 is 0. The monoisotopic (exact) mass is 351 g/mol. The number of hydrogen-bond donors (Lipinski definition) is 1. The smallest absolute Gasteiger partial charge is 0.338 e. The Bertz CT molecular complexity index is 762. The lowest BCUT2D eigenvalue weighted by atomic mass is 9.86. The van der Waals surface area contributed by atoms with Gasteiger partial charge in [-0.15, -0.1) is 0 Å². The van der Waals surface area contributed by atoms with E-state index in [0.717, 1.165) is 5.39 Å². The van der Waals surface area contributed by atoms with Crippen LogP contribution in [0, 0.1) is 0 Å². The highest BCUT2D eigenvalue weighted by Crippen LogP contribution is 2.39. The zero-order valence-corrected chi connectivity index (χ0v) is 13.9. The maximum atomic E-state index is 13.8. The number of carbonyl (C=O) groups excluding carboxylic acids is 1. The van der Waals surface area contributed by atoms with Crippen LogP contribution in [0.1, 0.15) is 30.1 Å². The molecule has 1 aromatic heterocycles. The number of aromatic nitrogens is 1. The van der Waals surface area contributed by atoms with E-state index in [0.29, 0.717) is 25.0 Å². The second-order valence-corrected chi connectivity index (χ2v) is 6.37. The van der Waals surface area contributed by atoms with Crippen LogP contribution >= 0.6 is 0 Å². The molecule has 25 heavy (non-hydrogen) atoms. The van der Waals surface area contributed by atoms with E-state index in [2.05, 4.69) is 10.3 Å². The Labute approximate surface area is 144 Å². The molecule has 134 valence electrons. The maximum Gasteiger partial charge on any atom is 0.411 e. The molecular formula is C18H20F3N3O. The molecule has 0 atom stereocenters. The molecule has 0 radical (unpaired) electrons. The highest BCUT2D eigenvalue weighted by atomic mass is 19.4.